The van der Waals surface area contributed by atoms with Gasteiger partial charge in [0, 0.05) is 29.1 Å². The number of fused-ring (bicyclic) bond motifs is 5. The van der Waals surface area contributed by atoms with E-state index in [1.54, 1.807) is 13.8 Å². The minimum atomic E-state index is -2.35. The molecule has 0 heterocycles. The Morgan fingerprint density at radius 2 is 1.87 bits per heavy atom. The van der Waals surface area contributed by atoms with Crippen LogP contribution in [-0.4, -0.2) is 66.1 Å². The molecular weight excluding hydrogens is 514 g/mol. The van der Waals surface area contributed by atoms with E-state index >= 15 is 8.78 Å². The fourth-order valence-electron chi connectivity index (χ4n) is 8.21. The molecule has 0 aromatic carbocycles. The largest absolute Gasteiger partial charge is 0.509 e. The van der Waals surface area contributed by atoms with Crippen LogP contribution in [0.4, 0.5) is 13.6 Å². The first-order valence-electron chi connectivity index (χ1n) is 13.6. The number of aliphatic hydroxyl groups is 1. The lowest BCUT2D eigenvalue weighted by Crippen LogP contribution is -2.71. The van der Waals surface area contributed by atoms with Crippen molar-refractivity contribution in [1.29, 1.82) is 0 Å². The summed E-state index contributed by atoms with van der Waals surface area (Å²) in [7, 11) is 1.09. The average Bonchev–Trinajstić information content (AvgIpc) is 3.10. The highest BCUT2D eigenvalue weighted by Crippen LogP contribution is 2.71. The first-order chi connectivity index (χ1) is 18.2. The smallest absolute Gasteiger partial charge is 0.457 e. The van der Waals surface area contributed by atoms with Gasteiger partial charge in [0.15, 0.2) is 23.7 Å². The van der Waals surface area contributed by atoms with Crippen molar-refractivity contribution < 1.29 is 47.3 Å². The zero-order valence-electron chi connectivity index (χ0n) is 23.1. The van der Waals surface area contributed by atoms with Gasteiger partial charge in [0.25, 0.3) is 0 Å². The topological polar surface area (TPSA) is 116 Å². The van der Waals surface area contributed by atoms with Gasteiger partial charge in [-0.15, -0.1) is 0 Å². The van der Waals surface area contributed by atoms with Crippen molar-refractivity contribution in [3.63, 3.8) is 0 Å². The lowest BCUT2D eigenvalue weighted by molar-refractivity contribution is -0.226. The van der Waals surface area contributed by atoms with E-state index in [2.05, 4.69) is 0 Å². The van der Waals surface area contributed by atoms with Gasteiger partial charge < -0.3 is 19.3 Å². The number of ether oxygens (including phenoxy) is 3. The third kappa shape index (κ3) is 4.07. The van der Waals surface area contributed by atoms with Crippen molar-refractivity contribution in [3.05, 3.63) is 23.8 Å². The first-order valence-corrected chi connectivity index (χ1v) is 13.6. The van der Waals surface area contributed by atoms with Gasteiger partial charge in [0.05, 0.1) is 13.2 Å². The summed E-state index contributed by atoms with van der Waals surface area (Å²) < 4.78 is 48.8. The summed E-state index contributed by atoms with van der Waals surface area (Å²) in [6.07, 6.45) is 0.232. The molecule has 0 aromatic heterocycles. The van der Waals surface area contributed by atoms with Gasteiger partial charge in [-0.1, -0.05) is 33.3 Å². The summed E-state index contributed by atoms with van der Waals surface area (Å²) in [6, 6.07) is 0. The third-order valence-electron chi connectivity index (χ3n) is 10.1. The minimum Gasteiger partial charge on any atom is -0.457 e. The Kier molecular flexibility index (Phi) is 7.60. The van der Waals surface area contributed by atoms with Crippen molar-refractivity contribution in [3.8, 4) is 0 Å². The Labute approximate surface area is 227 Å². The van der Waals surface area contributed by atoms with E-state index in [4.69, 9.17) is 14.2 Å². The number of alkyl halides is 2. The third-order valence-corrected chi connectivity index (χ3v) is 10.1. The van der Waals surface area contributed by atoms with Crippen LogP contribution in [0.15, 0.2) is 23.8 Å². The molecule has 0 radical (unpaired) electrons. The zero-order valence-corrected chi connectivity index (χ0v) is 23.1. The molecule has 3 saturated carbocycles. The fraction of sp³-hybridized carbons (Fsp3) is 0.724. The van der Waals surface area contributed by atoms with Gasteiger partial charge >= 0.3 is 12.1 Å². The van der Waals surface area contributed by atoms with Gasteiger partial charge in [0.1, 0.15) is 6.17 Å². The number of halogens is 2. The summed E-state index contributed by atoms with van der Waals surface area (Å²) >= 11 is 0. The van der Waals surface area contributed by atoms with Crippen molar-refractivity contribution in [2.24, 2.45) is 28.6 Å². The van der Waals surface area contributed by atoms with Gasteiger partial charge in [-0.3, -0.25) is 14.4 Å². The highest BCUT2D eigenvalue weighted by atomic mass is 19.1. The Bertz CT molecular complexity index is 1120. The van der Waals surface area contributed by atoms with Crippen molar-refractivity contribution >= 4 is 23.7 Å². The van der Waals surface area contributed by atoms with Crippen LogP contribution in [0, 0.1) is 28.6 Å². The van der Waals surface area contributed by atoms with Crippen molar-refractivity contribution in [2.45, 2.75) is 89.8 Å². The summed E-state index contributed by atoms with van der Waals surface area (Å²) in [5.41, 5.74) is -7.19. The molecule has 3 fully saturated rings. The SMILES string of the molecule is CCCCC(=O)OCC(=O)[C@@]1(OC(=O)OC)[C@H](C)C[C@H]2[C@@H]3C[C@H](F)C4=CC(=O)C=C[C@]4(C)[C@@]3(F)[C@@H](O)C[C@@]21C. The van der Waals surface area contributed by atoms with Crippen LogP contribution in [0.3, 0.4) is 0 Å². The van der Waals surface area contributed by atoms with Crippen LogP contribution in [-0.2, 0) is 28.6 Å². The first kappa shape index (κ1) is 29.4. The highest BCUT2D eigenvalue weighted by Gasteiger charge is 2.78. The lowest BCUT2D eigenvalue weighted by atomic mass is 9.44. The number of ketones is 2. The molecule has 4 rings (SSSR count). The molecule has 0 aliphatic heterocycles. The highest BCUT2D eigenvalue weighted by molar-refractivity contribution is 6.01. The van der Waals surface area contributed by atoms with E-state index in [1.165, 1.54) is 19.1 Å². The second-order valence-corrected chi connectivity index (χ2v) is 12.0. The quantitative estimate of drug-likeness (QED) is 0.463. The molecule has 0 unspecified atom stereocenters. The molecular formula is C29H38F2O8. The van der Waals surface area contributed by atoms with Crippen LogP contribution in [0.5, 0.6) is 0 Å². The second-order valence-electron chi connectivity index (χ2n) is 12.0. The van der Waals surface area contributed by atoms with Crippen LogP contribution in [0.2, 0.25) is 0 Å². The Morgan fingerprint density at radius 1 is 1.18 bits per heavy atom. The molecule has 216 valence electrons. The van der Waals surface area contributed by atoms with Gasteiger partial charge in [-0.25, -0.2) is 13.6 Å². The minimum absolute atomic E-state index is 0.00501. The predicted octanol–water partition coefficient (Wildman–Crippen LogP) is 4.38. The number of hydrogen-bond acceptors (Lipinski definition) is 8. The molecule has 0 aromatic rings. The van der Waals surface area contributed by atoms with E-state index in [0.717, 1.165) is 19.6 Å². The molecule has 0 bridgehead atoms. The molecule has 9 atom stereocenters. The van der Waals surface area contributed by atoms with Crippen LogP contribution in [0.1, 0.15) is 66.2 Å². The van der Waals surface area contributed by atoms with Crippen molar-refractivity contribution in [2.75, 3.05) is 13.7 Å². The normalized spacial score (nSPS) is 42.5. The van der Waals surface area contributed by atoms with E-state index in [9.17, 15) is 24.3 Å². The molecule has 4 aliphatic rings. The predicted molar refractivity (Wildman–Crippen MR) is 135 cm³/mol. The maximum absolute atomic E-state index is 17.4. The maximum atomic E-state index is 17.4. The number of hydrogen-bond donors (Lipinski definition) is 1. The lowest BCUT2D eigenvalue weighted by Gasteiger charge is -2.63. The van der Waals surface area contributed by atoms with E-state index < -0.39 is 82.4 Å². The molecule has 0 spiro atoms. The van der Waals surface area contributed by atoms with Crippen LogP contribution in [0.25, 0.3) is 0 Å². The summed E-state index contributed by atoms with van der Waals surface area (Å²) in [6.45, 7) is 6.05. The summed E-state index contributed by atoms with van der Waals surface area (Å²) in [4.78, 5) is 50.6. The summed E-state index contributed by atoms with van der Waals surface area (Å²) in [5.74, 6) is -4.15. The fourth-order valence-corrected chi connectivity index (χ4v) is 8.21. The number of unbranched alkanes of at least 4 members (excludes halogenated alkanes) is 1. The molecule has 0 amide bonds. The van der Waals surface area contributed by atoms with Crippen LogP contribution < -0.4 is 0 Å². The van der Waals surface area contributed by atoms with Gasteiger partial charge in [0.2, 0.25) is 5.78 Å². The number of esters is 1. The van der Waals surface area contributed by atoms with Gasteiger partial charge in [-0.05, 0) is 56.3 Å². The van der Waals surface area contributed by atoms with E-state index in [0.29, 0.717) is 6.42 Å². The Hall–Kier alpha value is -2.62. The number of rotatable bonds is 7. The molecule has 4 aliphatic carbocycles. The molecule has 10 heteroatoms. The van der Waals surface area contributed by atoms with E-state index in [1.807, 2.05) is 6.92 Å². The molecule has 0 saturated heterocycles. The number of carbonyl (C=O) groups excluding carboxylic acids is 4. The van der Waals surface area contributed by atoms with Crippen LogP contribution >= 0.6 is 0 Å². The Balaban J connectivity index is 1.77. The molecule has 1 N–H and O–H groups in total. The van der Waals surface area contributed by atoms with E-state index in [-0.39, 0.29) is 31.3 Å². The number of carbonyl (C=O) groups is 4. The number of aliphatic hydroxyl groups excluding tert-OH is 1. The standard InChI is InChI=1S/C29H38F2O8/c1-6-7-8-24(35)38-15-23(34)29(39-25(36)37-5)16(2)11-18-19-13-21(30)20-12-17(32)9-10-26(20,3)28(19,31)22(33)14-27(18,29)4/h9-10,12,16,18-19,21-22,33H,6-8,11,13-15H2,1-5H3/t16-,18+,19+,21+,22+,26+,27+,28+,29+/m1/s1. The summed E-state index contributed by atoms with van der Waals surface area (Å²) in [5, 5.41) is 11.5. The Morgan fingerprint density at radius 3 is 2.51 bits per heavy atom. The maximum Gasteiger partial charge on any atom is 0.509 e. The molecule has 39 heavy (non-hydrogen) atoms. The number of methoxy groups -OCH3 is 1. The zero-order chi connectivity index (χ0) is 29.0. The number of allylic oxidation sites excluding steroid dienone is 4. The second kappa shape index (κ2) is 10.1. The van der Waals surface area contributed by atoms with Crippen molar-refractivity contribution in [1.82, 2.24) is 0 Å². The number of Topliss-reactive ketones (excluding diaryl/α,β-unsaturated/α-hetero) is 1. The average molecular weight is 553 g/mol. The van der Waals surface area contributed by atoms with Gasteiger partial charge in [-0.2, -0.15) is 0 Å². The monoisotopic (exact) mass is 552 g/mol. The molecule has 8 nitrogen and oxygen atoms in total.